The van der Waals surface area contributed by atoms with E-state index in [0.29, 0.717) is 5.92 Å². The van der Waals surface area contributed by atoms with Crippen molar-refractivity contribution < 1.29 is 0 Å². The van der Waals surface area contributed by atoms with Gasteiger partial charge in [-0.05, 0) is 49.3 Å². The molecule has 2 atom stereocenters. The Morgan fingerprint density at radius 3 is 2.61 bits per heavy atom. The molecule has 0 amide bonds. The number of nitrogens with one attached hydrogen (secondary N) is 1. The van der Waals surface area contributed by atoms with Gasteiger partial charge in [0.2, 0.25) is 0 Å². The lowest BCUT2D eigenvalue weighted by Gasteiger charge is -2.29. The second-order valence-corrected chi connectivity index (χ2v) is 7.02. The van der Waals surface area contributed by atoms with Crippen molar-refractivity contribution >= 4 is 17.3 Å². The summed E-state index contributed by atoms with van der Waals surface area (Å²) in [7, 11) is 2.12. The van der Waals surface area contributed by atoms with Crippen LogP contribution in [-0.2, 0) is 7.05 Å². The molecule has 0 spiro atoms. The Morgan fingerprint density at radius 1 is 1.26 bits per heavy atom. The second kappa shape index (κ2) is 6.32. The van der Waals surface area contributed by atoms with E-state index in [9.17, 15) is 0 Å². The van der Waals surface area contributed by atoms with Gasteiger partial charge in [0.15, 0.2) is 5.11 Å². The van der Waals surface area contributed by atoms with E-state index in [2.05, 4.69) is 65.8 Å². The normalized spacial score (nSPS) is 21.1. The molecule has 0 saturated carbocycles. The predicted octanol–water partition coefficient (Wildman–Crippen LogP) is 3.36. The van der Waals surface area contributed by atoms with Crippen LogP contribution in [-0.4, -0.2) is 26.1 Å². The molecule has 23 heavy (non-hydrogen) atoms. The van der Waals surface area contributed by atoms with Crippen LogP contribution in [0.15, 0.2) is 36.5 Å². The average molecular weight is 328 g/mol. The molecule has 1 N–H and O–H groups in total. The van der Waals surface area contributed by atoms with Crippen LogP contribution in [0, 0.1) is 12.8 Å². The fraction of sp³-hybridized carbons (Fsp3) is 0.444. The number of nitrogens with zero attached hydrogens (tertiary/aromatic N) is 3. The number of thiocarbonyl (C=S) groups is 1. The molecule has 1 fully saturated rings. The first-order chi connectivity index (χ1) is 11.0. The van der Waals surface area contributed by atoms with Crippen LogP contribution in [0.5, 0.6) is 0 Å². The summed E-state index contributed by atoms with van der Waals surface area (Å²) in [5.41, 5.74) is 3.55. The monoisotopic (exact) mass is 328 g/mol. The van der Waals surface area contributed by atoms with Gasteiger partial charge in [-0.25, -0.2) is 0 Å². The predicted molar refractivity (Wildman–Crippen MR) is 97.1 cm³/mol. The molecule has 1 aliphatic heterocycles. The van der Waals surface area contributed by atoms with Gasteiger partial charge in [0, 0.05) is 31.2 Å². The molecule has 2 aromatic rings. The molecule has 2 aromatic heterocycles. The number of rotatable bonds is 4. The van der Waals surface area contributed by atoms with Gasteiger partial charge in [-0.2, -0.15) is 0 Å². The number of aromatic nitrogens is 2. The fourth-order valence-corrected chi connectivity index (χ4v) is 3.56. The highest BCUT2D eigenvalue weighted by Gasteiger charge is 2.41. The molecule has 0 bridgehead atoms. The van der Waals surface area contributed by atoms with E-state index in [1.54, 1.807) is 0 Å². The summed E-state index contributed by atoms with van der Waals surface area (Å²) in [5.74, 6) is 0.543. The van der Waals surface area contributed by atoms with Crippen molar-refractivity contribution in [2.45, 2.75) is 32.9 Å². The lowest BCUT2D eigenvalue weighted by Crippen LogP contribution is -2.33. The molecule has 0 radical (unpaired) electrons. The Bertz CT molecular complexity index is 692. The zero-order valence-corrected chi connectivity index (χ0v) is 15.0. The highest BCUT2D eigenvalue weighted by atomic mass is 32.1. The Morgan fingerprint density at radius 2 is 2.04 bits per heavy atom. The van der Waals surface area contributed by atoms with E-state index in [1.165, 1.54) is 11.4 Å². The van der Waals surface area contributed by atoms with Crippen LogP contribution in [0.1, 0.15) is 43.0 Å². The Kier molecular flexibility index (Phi) is 4.39. The molecule has 1 aliphatic rings. The van der Waals surface area contributed by atoms with Crippen molar-refractivity contribution in [2.24, 2.45) is 13.0 Å². The third kappa shape index (κ3) is 2.98. The molecule has 3 rings (SSSR count). The first-order valence-electron chi connectivity index (χ1n) is 8.09. The lowest BCUT2D eigenvalue weighted by molar-refractivity contribution is 0.278. The van der Waals surface area contributed by atoms with Crippen LogP contribution in [0.4, 0.5) is 0 Å². The maximum absolute atomic E-state index is 5.64. The second-order valence-electron chi connectivity index (χ2n) is 6.63. The van der Waals surface area contributed by atoms with Crippen LogP contribution in [0.2, 0.25) is 0 Å². The highest BCUT2D eigenvalue weighted by molar-refractivity contribution is 7.80. The third-order valence-electron chi connectivity index (χ3n) is 4.47. The molecular weight excluding hydrogens is 304 g/mol. The van der Waals surface area contributed by atoms with E-state index in [4.69, 9.17) is 12.2 Å². The van der Waals surface area contributed by atoms with Gasteiger partial charge in [-0.3, -0.25) is 4.98 Å². The van der Waals surface area contributed by atoms with E-state index in [-0.39, 0.29) is 12.1 Å². The molecule has 3 heterocycles. The number of pyridine rings is 1. The molecule has 0 aliphatic carbocycles. The molecule has 0 aromatic carbocycles. The summed E-state index contributed by atoms with van der Waals surface area (Å²) < 4.78 is 2.25. The van der Waals surface area contributed by atoms with Crippen molar-refractivity contribution in [2.75, 3.05) is 6.54 Å². The van der Waals surface area contributed by atoms with Gasteiger partial charge in [0.1, 0.15) is 0 Å². The van der Waals surface area contributed by atoms with Gasteiger partial charge in [0.25, 0.3) is 0 Å². The van der Waals surface area contributed by atoms with Gasteiger partial charge in [-0.1, -0.05) is 19.9 Å². The molecular formula is C18H24N4S. The standard InChI is InChI=1S/C18H24N4S/c1-12(2)11-22-17(15-9-8-13(3)21(15)4)16(20-18(22)23)14-7-5-6-10-19-14/h5-10,12,16-17H,11H2,1-4H3,(H,20,23). The summed E-state index contributed by atoms with van der Waals surface area (Å²) in [6.45, 7) is 7.52. The van der Waals surface area contributed by atoms with Gasteiger partial charge < -0.3 is 14.8 Å². The van der Waals surface area contributed by atoms with Crippen LogP contribution >= 0.6 is 12.2 Å². The van der Waals surface area contributed by atoms with Crippen LogP contribution in [0.25, 0.3) is 0 Å². The van der Waals surface area contributed by atoms with Crippen LogP contribution < -0.4 is 5.32 Å². The Hall–Kier alpha value is -1.88. The maximum atomic E-state index is 5.64. The van der Waals surface area contributed by atoms with Crippen molar-refractivity contribution in [1.82, 2.24) is 19.8 Å². The average Bonchev–Trinajstić information content (AvgIpc) is 3.01. The molecule has 2 unspecified atom stereocenters. The minimum absolute atomic E-state index is 0.0791. The molecule has 4 nitrogen and oxygen atoms in total. The van der Waals surface area contributed by atoms with Crippen molar-refractivity contribution in [3.63, 3.8) is 0 Å². The van der Waals surface area contributed by atoms with E-state index < -0.39 is 0 Å². The van der Waals surface area contributed by atoms with Crippen LogP contribution in [0.3, 0.4) is 0 Å². The molecule has 1 saturated heterocycles. The number of hydrogen-bond donors (Lipinski definition) is 1. The van der Waals surface area contributed by atoms with Gasteiger partial charge in [-0.15, -0.1) is 0 Å². The molecule has 5 heteroatoms. The van der Waals surface area contributed by atoms with E-state index in [0.717, 1.165) is 17.4 Å². The summed E-state index contributed by atoms with van der Waals surface area (Å²) in [4.78, 5) is 6.88. The van der Waals surface area contributed by atoms with Crippen molar-refractivity contribution in [1.29, 1.82) is 0 Å². The Balaban J connectivity index is 2.05. The summed E-state index contributed by atoms with van der Waals surface area (Å²) >= 11 is 5.64. The summed E-state index contributed by atoms with van der Waals surface area (Å²) in [5, 5.41) is 4.31. The third-order valence-corrected chi connectivity index (χ3v) is 4.83. The smallest absolute Gasteiger partial charge is 0.170 e. The Labute approximate surface area is 143 Å². The summed E-state index contributed by atoms with van der Waals surface area (Å²) in [6.07, 6.45) is 1.85. The first kappa shape index (κ1) is 16.0. The molecule has 122 valence electrons. The topological polar surface area (TPSA) is 33.1 Å². The van der Waals surface area contributed by atoms with Gasteiger partial charge >= 0.3 is 0 Å². The SMILES string of the molecule is Cc1ccc(C2C(c3ccccn3)NC(=S)N2CC(C)C)n1C. The van der Waals surface area contributed by atoms with Crippen molar-refractivity contribution in [3.05, 3.63) is 53.6 Å². The zero-order chi connectivity index (χ0) is 16.6. The number of hydrogen-bond acceptors (Lipinski definition) is 2. The zero-order valence-electron chi connectivity index (χ0n) is 14.2. The first-order valence-corrected chi connectivity index (χ1v) is 8.50. The summed E-state index contributed by atoms with van der Waals surface area (Å²) in [6, 6.07) is 10.7. The minimum Gasteiger partial charge on any atom is -0.352 e. The fourth-order valence-electron chi connectivity index (χ4n) is 3.25. The number of aryl methyl sites for hydroxylation is 1. The quantitative estimate of drug-likeness (QED) is 0.873. The largest absolute Gasteiger partial charge is 0.352 e. The lowest BCUT2D eigenvalue weighted by atomic mass is 10.0. The minimum atomic E-state index is 0.0791. The van der Waals surface area contributed by atoms with E-state index >= 15 is 0 Å². The van der Waals surface area contributed by atoms with Crippen molar-refractivity contribution in [3.8, 4) is 0 Å². The van der Waals surface area contributed by atoms with Gasteiger partial charge in [0.05, 0.1) is 17.8 Å². The maximum Gasteiger partial charge on any atom is 0.170 e. The van der Waals surface area contributed by atoms with E-state index in [1.807, 2.05) is 18.3 Å². The highest BCUT2D eigenvalue weighted by Crippen LogP contribution is 2.39.